The zero-order valence-corrected chi connectivity index (χ0v) is 26.0. The van der Waals surface area contributed by atoms with Crippen LogP contribution in [0.1, 0.15) is 5.48 Å². The maximum Gasteiger partial charge on any atom is 0.0629 e. The second kappa shape index (κ2) is 10.7. The lowest BCUT2D eigenvalue weighted by atomic mass is 9.85. The van der Waals surface area contributed by atoms with Crippen molar-refractivity contribution in [1.29, 1.82) is 0 Å². The van der Waals surface area contributed by atoms with E-state index >= 15 is 0 Å². The molecule has 0 nitrogen and oxygen atoms in total. The molecular weight excluding hydrogens is 577 g/mol. The molecule has 0 aliphatic heterocycles. The lowest BCUT2D eigenvalue weighted by Crippen LogP contribution is -1.91. The molecule has 0 radical (unpaired) electrons. The van der Waals surface area contributed by atoms with E-state index in [0.717, 1.165) is 81.7 Å². The molecule has 10 aromatic rings. The third-order valence-electron chi connectivity index (χ3n) is 9.89. The van der Waals surface area contributed by atoms with E-state index < -0.39 is 0 Å². The van der Waals surface area contributed by atoms with Gasteiger partial charge < -0.3 is 0 Å². The van der Waals surface area contributed by atoms with Gasteiger partial charge in [0, 0.05) is 0 Å². The van der Waals surface area contributed by atoms with Gasteiger partial charge in [-0.15, -0.1) is 0 Å². The van der Waals surface area contributed by atoms with Crippen molar-refractivity contribution >= 4 is 53.9 Å². The van der Waals surface area contributed by atoms with Crippen LogP contribution in [-0.4, -0.2) is 0 Å². The molecule has 10 rings (SSSR count). The number of hydrogen-bond donors (Lipinski definition) is 0. The number of fused-ring (bicyclic) bond motifs is 2. The van der Waals surface area contributed by atoms with Crippen molar-refractivity contribution in [1.82, 2.24) is 0 Å². The molecule has 0 saturated heterocycles. The van der Waals surface area contributed by atoms with Crippen molar-refractivity contribution in [3.8, 4) is 44.5 Å². The molecule has 222 valence electrons. The summed E-state index contributed by atoms with van der Waals surface area (Å²) in [5.74, 6) is 0. The zero-order valence-electron chi connectivity index (χ0n) is 30.0. The fourth-order valence-corrected chi connectivity index (χ4v) is 7.77. The first-order valence-electron chi connectivity index (χ1n) is 18.4. The molecule has 0 N–H and O–H groups in total. The second-order valence-electron chi connectivity index (χ2n) is 12.5. The van der Waals surface area contributed by atoms with Crippen LogP contribution < -0.4 is 0 Å². The van der Waals surface area contributed by atoms with Gasteiger partial charge in [-0.3, -0.25) is 0 Å². The highest BCUT2D eigenvalue weighted by Crippen LogP contribution is 2.45. The molecule has 0 heterocycles. The Hall–Kier alpha value is -6.24. The minimum absolute atomic E-state index is 0.0451. The Kier molecular flexibility index (Phi) is 5.14. The molecule has 0 unspecified atom stereocenters. The molecule has 0 spiro atoms. The Balaban J connectivity index is 1.25. The quantitative estimate of drug-likeness (QED) is 0.137. The smallest absolute Gasteiger partial charge is 0.0622 e. The molecule has 0 bridgehead atoms. The van der Waals surface area contributed by atoms with Crippen LogP contribution >= 0.6 is 0 Å². The molecule has 48 heavy (non-hydrogen) atoms. The predicted octanol–water partition coefficient (Wildman–Crippen LogP) is 13.6. The fraction of sp³-hybridized carbons (Fsp3) is 0. The Bertz CT molecular complexity index is 2950. The second-order valence-corrected chi connectivity index (χ2v) is 12.5. The summed E-state index contributed by atoms with van der Waals surface area (Å²) in [6.45, 7) is 0. The van der Waals surface area contributed by atoms with Crippen molar-refractivity contribution in [2.45, 2.75) is 0 Å². The molecule has 0 fully saturated rings. The standard InChI is InChI=1S/C48H30/c1-3-11-31(12-4-1)37-27-23-35-26-30-44-38(28-24-36-25-29-43(37)47(35)48(36)44)32-19-21-34(22-20-32)46-41-17-9-7-15-39(41)45(33-13-5-2-6-14-33)40-16-8-10-18-42(40)46/h1-30H/i19D,20D,21D,22D. The summed E-state index contributed by atoms with van der Waals surface area (Å²) in [7, 11) is 0. The Morgan fingerprint density at radius 1 is 0.271 bits per heavy atom. The first-order chi connectivity index (χ1) is 25.5. The minimum Gasteiger partial charge on any atom is -0.0622 e. The zero-order chi connectivity index (χ0) is 35.1. The lowest BCUT2D eigenvalue weighted by molar-refractivity contribution is 1.63. The number of hydrogen-bond acceptors (Lipinski definition) is 0. The van der Waals surface area contributed by atoms with Crippen molar-refractivity contribution in [2.75, 3.05) is 0 Å². The molecule has 0 heteroatoms. The van der Waals surface area contributed by atoms with E-state index in [-0.39, 0.29) is 24.2 Å². The topological polar surface area (TPSA) is 0 Å². The molecule has 10 aromatic carbocycles. The highest BCUT2D eigenvalue weighted by molar-refractivity contribution is 6.28. The van der Waals surface area contributed by atoms with Gasteiger partial charge in [-0.1, -0.05) is 182 Å². The number of rotatable bonds is 4. The summed E-state index contributed by atoms with van der Waals surface area (Å²) in [4.78, 5) is 0. The van der Waals surface area contributed by atoms with Gasteiger partial charge in [0.05, 0.1) is 5.48 Å². The Morgan fingerprint density at radius 3 is 1.15 bits per heavy atom. The molecule has 0 aromatic heterocycles. The van der Waals surface area contributed by atoms with Crippen molar-refractivity contribution in [3.63, 3.8) is 0 Å². The molecule has 0 aliphatic rings. The minimum atomic E-state index is -0.0455. The SMILES string of the molecule is [2H]c1c([2H])c(-c2ccc3ccc4c(-c5ccccc5)ccc5ccc2c3c54)c([2H])c([2H])c1-c1c2ccccc2c(-c2ccccc2)c2ccccc12. The molecule has 0 amide bonds. The van der Waals surface area contributed by atoms with Crippen LogP contribution in [0.25, 0.3) is 98.4 Å². The van der Waals surface area contributed by atoms with Gasteiger partial charge in [0.25, 0.3) is 0 Å². The first-order valence-corrected chi connectivity index (χ1v) is 16.4. The van der Waals surface area contributed by atoms with Gasteiger partial charge in [-0.2, -0.15) is 0 Å². The summed E-state index contributed by atoms with van der Waals surface area (Å²) in [5.41, 5.74) is 6.52. The van der Waals surface area contributed by atoms with Crippen molar-refractivity contribution in [3.05, 3.63) is 182 Å². The average molecular weight is 611 g/mol. The normalized spacial score (nSPS) is 12.9. The largest absolute Gasteiger partial charge is 0.0629 e. The van der Waals surface area contributed by atoms with E-state index in [2.05, 4.69) is 91.0 Å². The molecule has 0 saturated carbocycles. The van der Waals surface area contributed by atoms with Crippen molar-refractivity contribution < 1.29 is 5.48 Å². The monoisotopic (exact) mass is 610 g/mol. The van der Waals surface area contributed by atoms with E-state index in [9.17, 15) is 5.48 Å². The Labute approximate surface area is 285 Å². The summed E-state index contributed by atoms with van der Waals surface area (Å²) < 4.78 is 38.2. The van der Waals surface area contributed by atoms with Crippen LogP contribution in [0.15, 0.2) is 182 Å². The van der Waals surface area contributed by atoms with Gasteiger partial charge in [0.15, 0.2) is 0 Å². The summed E-state index contributed by atoms with van der Waals surface area (Å²) in [5, 5.41) is 10.3. The average Bonchev–Trinajstić information content (AvgIpc) is 3.20. The third-order valence-corrected chi connectivity index (χ3v) is 9.89. The maximum absolute atomic E-state index is 9.58. The Morgan fingerprint density at radius 2 is 0.646 bits per heavy atom. The summed E-state index contributed by atoms with van der Waals surface area (Å²) in [6, 6.07) is 53.6. The van der Waals surface area contributed by atoms with Gasteiger partial charge in [-0.25, -0.2) is 0 Å². The van der Waals surface area contributed by atoms with Gasteiger partial charge in [0.1, 0.15) is 0 Å². The lowest BCUT2D eigenvalue weighted by Gasteiger charge is -2.18. The van der Waals surface area contributed by atoms with Gasteiger partial charge in [0.2, 0.25) is 0 Å². The van der Waals surface area contributed by atoms with Gasteiger partial charge >= 0.3 is 0 Å². The maximum atomic E-state index is 9.58. The highest BCUT2D eigenvalue weighted by Gasteiger charge is 2.18. The van der Waals surface area contributed by atoms with Crippen molar-refractivity contribution in [2.24, 2.45) is 0 Å². The van der Waals surface area contributed by atoms with Crippen LogP contribution in [0.4, 0.5) is 0 Å². The molecular formula is C48H30. The predicted molar refractivity (Wildman–Crippen MR) is 207 cm³/mol. The third kappa shape index (κ3) is 4.03. The van der Waals surface area contributed by atoms with E-state index in [1.165, 1.54) is 0 Å². The number of benzene rings is 10. The first kappa shape index (κ1) is 23.1. The van der Waals surface area contributed by atoms with E-state index in [1.54, 1.807) is 0 Å². The van der Waals surface area contributed by atoms with Crippen LogP contribution in [0.5, 0.6) is 0 Å². The van der Waals surface area contributed by atoms with Crippen LogP contribution in [0, 0.1) is 0 Å². The van der Waals surface area contributed by atoms with Crippen LogP contribution in [0.2, 0.25) is 0 Å². The van der Waals surface area contributed by atoms with E-state index in [0.29, 0.717) is 16.7 Å². The fourth-order valence-electron chi connectivity index (χ4n) is 7.77. The summed E-state index contributed by atoms with van der Waals surface area (Å²) >= 11 is 0. The molecule has 0 aliphatic carbocycles. The van der Waals surface area contributed by atoms with Crippen LogP contribution in [0.3, 0.4) is 0 Å². The highest BCUT2D eigenvalue weighted by atomic mass is 14.2. The van der Waals surface area contributed by atoms with E-state index in [1.807, 2.05) is 66.7 Å². The summed E-state index contributed by atoms with van der Waals surface area (Å²) in [6.07, 6.45) is 0. The van der Waals surface area contributed by atoms with E-state index in [4.69, 9.17) is 0 Å². The molecule has 0 atom stereocenters. The van der Waals surface area contributed by atoms with Gasteiger partial charge in [-0.05, 0) is 98.4 Å². The van der Waals surface area contributed by atoms with Crippen LogP contribution in [-0.2, 0) is 0 Å².